The minimum atomic E-state index is -3.90. The van der Waals surface area contributed by atoms with Gasteiger partial charge in [-0.25, -0.2) is 18.0 Å². The molecule has 30 heavy (non-hydrogen) atoms. The first-order chi connectivity index (χ1) is 14.0. The van der Waals surface area contributed by atoms with Gasteiger partial charge in [0.15, 0.2) is 0 Å². The van der Waals surface area contributed by atoms with Crippen molar-refractivity contribution in [2.45, 2.75) is 38.6 Å². The highest BCUT2D eigenvalue weighted by atomic mass is 32.2. The molecule has 3 N–H and O–H groups in total. The van der Waals surface area contributed by atoms with E-state index in [-0.39, 0.29) is 22.8 Å². The van der Waals surface area contributed by atoms with E-state index in [0.29, 0.717) is 0 Å². The number of hydrogen-bond acceptors (Lipinski definition) is 7. The normalized spacial score (nSPS) is 16.5. The Labute approximate surface area is 175 Å². The van der Waals surface area contributed by atoms with Crippen molar-refractivity contribution in [3.05, 3.63) is 40.6 Å². The molecule has 11 heteroatoms. The molecule has 10 nitrogen and oxygen atoms in total. The van der Waals surface area contributed by atoms with Crippen molar-refractivity contribution in [2.24, 2.45) is 0 Å². The van der Waals surface area contributed by atoms with Crippen LogP contribution in [0.25, 0.3) is 0 Å². The Morgan fingerprint density at radius 1 is 1.17 bits per heavy atom. The van der Waals surface area contributed by atoms with Gasteiger partial charge in [0.25, 0.3) is 0 Å². The first kappa shape index (κ1) is 23.4. The van der Waals surface area contributed by atoms with Crippen LogP contribution in [0.3, 0.4) is 0 Å². The summed E-state index contributed by atoms with van der Waals surface area (Å²) in [7, 11) is -3.90. The zero-order valence-electron chi connectivity index (χ0n) is 17.2. The Bertz CT molecular complexity index is 986. The summed E-state index contributed by atoms with van der Waals surface area (Å²) >= 11 is 0. The summed E-state index contributed by atoms with van der Waals surface area (Å²) in [6.07, 6.45) is 0. The van der Waals surface area contributed by atoms with Crippen molar-refractivity contribution in [3.8, 4) is 0 Å². The number of nitrogens with one attached hydrogen (secondary N) is 3. The highest BCUT2D eigenvalue weighted by Gasteiger charge is 2.30. The maximum atomic E-state index is 12.4. The minimum Gasteiger partial charge on any atom is -0.463 e. The minimum absolute atomic E-state index is 0.0325. The molecule has 1 atom stereocenters. The van der Waals surface area contributed by atoms with Gasteiger partial charge in [-0.15, -0.1) is 0 Å². The van der Waals surface area contributed by atoms with E-state index < -0.39 is 47.2 Å². The van der Waals surface area contributed by atoms with Gasteiger partial charge in [0.05, 0.1) is 28.8 Å². The van der Waals surface area contributed by atoms with E-state index in [2.05, 4.69) is 15.4 Å². The van der Waals surface area contributed by atoms with Crippen LogP contribution in [0, 0.1) is 13.8 Å². The first-order valence-corrected chi connectivity index (χ1v) is 10.7. The zero-order valence-corrected chi connectivity index (χ0v) is 18.0. The zero-order chi connectivity index (χ0) is 22.5. The Balaban J connectivity index is 2.03. The highest BCUT2D eigenvalue weighted by molar-refractivity contribution is 7.89. The predicted molar refractivity (Wildman–Crippen MR) is 107 cm³/mol. The fourth-order valence-corrected chi connectivity index (χ4v) is 3.77. The molecule has 0 radical (unpaired) electrons. The van der Waals surface area contributed by atoms with Gasteiger partial charge in [-0.3, -0.25) is 4.79 Å². The lowest BCUT2D eigenvalue weighted by Gasteiger charge is -2.26. The quantitative estimate of drug-likeness (QED) is 0.505. The van der Waals surface area contributed by atoms with Gasteiger partial charge in [0, 0.05) is 0 Å². The van der Waals surface area contributed by atoms with E-state index in [4.69, 9.17) is 9.47 Å². The molecule has 0 fully saturated rings. The third-order valence-electron chi connectivity index (χ3n) is 4.44. The van der Waals surface area contributed by atoms with Gasteiger partial charge in [-0.1, -0.05) is 6.07 Å². The van der Waals surface area contributed by atoms with Gasteiger partial charge < -0.3 is 20.1 Å². The van der Waals surface area contributed by atoms with Crippen molar-refractivity contribution in [2.75, 3.05) is 19.8 Å². The van der Waals surface area contributed by atoms with E-state index in [0.717, 1.165) is 11.1 Å². The molecule has 2 amide bonds. The Hall–Kier alpha value is -2.92. The van der Waals surface area contributed by atoms with E-state index in [1.54, 1.807) is 26.8 Å². The van der Waals surface area contributed by atoms with Gasteiger partial charge in [-0.2, -0.15) is 4.72 Å². The molecular formula is C19H25N3O7S. The molecule has 0 unspecified atom stereocenters. The smallest absolute Gasteiger partial charge is 0.338 e. The molecule has 1 aliphatic rings. The van der Waals surface area contributed by atoms with Crippen LogP contribution in [0.5, 0.6) is 0 Å². The maximum Gasteiger partial charge on any atom is 0.338 e. The van der Waals surface area contributed by atoms with E-state index in [1.165, 1.54) is 12.1 Å². The van der Waals surface area contributed by atoms with E-state index >= 15 is 0 Å². The number of carbonyl (C=O) groups is 3. The molecule has 0 aromatic heterocycles. The van der Waals surface area contributed by atoms with Crippen molar-refractivity contribution in [1.29, 1.82) is 0 Å². The summed E-state index contributed by atoms with van der Waals surface area (Å²) in [6.45, 7) is 5.97. The molecular weight excluding hydrogens is 414 g/mol. The van der Waals surface area contributed by atoms with Crippen molar-refractivity contribution >= 4 is 28.0 Å². The van der Waals surface area contributed by atoms with Crippen LogP contribution in [0.15, 0.2) is 34.4 Å². The van der Waals surface area contributed by atoms with Gasteiger partial charge in [0.1, 0.15) is 13.2 Å². The molecule has 0 saturated heterocycles. The van der Waals surface area contributed by atoms with Gasteiger partial charge in [0.2, 0.25) is 10.0 Å². The highest BCUT2D eigenvalue weighted by Crippen LogP contribution is 2.16. The lowest BCUT2D eigenvalue weighted by molar-refractivity contribution is -0.142. The van der Waals surface area contributed by atoms with Crippen molar-refractivity contribution < 1.29 is 32.3 Å². The number of rotatable bonds is 8. The molecule has 1 heterocycles. The van der Waals surface area contributed by atoms with Crippen LogP contribution in [-0.4, -0.2) is 52.2 Å². The molecule has 1 aromatic rings. The number of carbonyl (C=O) groups excluding carboxylic acids is 3. The number of benzene rings is 1. The summed E-state index contributed by atoms with van der Waals surface area (Å²) in [5.74, 6) is -1.53. The third-order valence-corrected chi connectivity index (χ3v) is 5.84. The number of aryl methyl sites for hydroxylation is 2. The lowest BCUT2D eigenvalue weighted by atomic mass is 10.0. The topological polar surface area (TPSA) is 140 Å². The Morgan fingerprint density at radius 2 is 1.87 bits per heavy atom. The number of ether oxygens (including phenoxy) is 2. The van der Waals surface area contributed by atoms with E-state index in [1.807, 2.05) is 6.92 Å². The summed E-state index contributed by atoms with van der Waals surface area (Å²) in [4.78, 5) is 35.9. The molecule has 164 valence electrons. The molecule has 0 saturated carbocycles. The van der Waals surface area contributed by atoms with Crippen molar-refractivity contribution in [1.82, 2.24) is 15.4 Å². The Morgan fingerprint density at radius 3 is 2.50 bits per heavy atom. The monoisotopic (exact) mass is 439 g/mol. The summed E-state index contributed by atoms with van der Waals surface area (Å²) in [6, 6.07) is 3.42. The molecule has 2 rings (SSSR count). The van der Waals surface area contributed by atoms with Crippen LogP contribution in [0.2, 0.25) is 0 Å². The number of amides is 2. The second-order valence-electron chi connectivity index (χ2n) is 6.66. The van der Waals surface area contributed by atoms with Crippen molar-refractivity contribution in [3.63, 3.8) is 0 Å². The number of hydrogen-bond donors (Lipinski definition) is 3. The first-order valence-electron chi connectivity index (χ1n) is 9.25. The molecule has 1 aromatic carbocycles. The SMILES string of the molecule is CCOC(=O)C1=C(COC(=O)CNS(=O)(=O)c2ccc(C)c(C)c2)NC(=O)N[C@H]1C. The largest absolute Gasteiger partial charge is 0.463 e. The van der Waals surface area contributed by atoms with Crippen LogP contribution < -0.4 is 15.4 Å². The van der Waals surface area contributed by atoms with Gasteiger partial charge >= 0.3 is 18.0 Å². The molecule has 0 bridgehead atoms. The summed E-state index contributed by atoms with van der Waals surface area (Å²) < 4.78 is 36.9. The van der Waals surface area contributed by atoms with Crippen LogP contribution >= 0.6 is 0 Å². The number of urea groups is 1. The molecule has 0 aliphatic carbocycles. The molecule has 1 aliphatic heterocycles. The molecule has 0 spiro atoms. The number of esters is 2. The predicted octanol–water partition coefficient (Wildman–Crippen LogP) is 0.643. The Kier molecular flexibility index (Phi) is 7.57. The lowest BCUT2D eigenvalue weighted by Crippen LogP contribution is -2.50. The standard InChI is InChI=1S/C19H25N3O7S/c1-5-28-18(24)17-13(4)21-19(25)22-15(17)10-29-16(23)9-20-30(26,27)14-7-6-11(2)12(3)8-14/h6-8,13,20H,5,9-10H2,1-4H3,(H2,21,22,25)/t13-/m0/s1. The van der Waals surface area contributed by atoms with E-state index in [9.17, 15) is 22.8 Å². The average molecular weight is 439 g/mol. The summed E-state index contributed by atoms with van der Waals surface area (Å²) in [5.41, 5.74) is 1.95. The third kappa shape index (κ3) is 5.80. The van der Waals surface area contributed by atoms with Crippen LogP contribution in [0.1, 0.15) is 25.0 Å². The second kappa shape index (κ2) is 9.72. The van der Waals surface area contributed by atoms with Crippen LogP contribution in [-0.2, 0) is 29.1 Å². The second-order valence-corrected chi connectivity index (χ2v) is 8.43. The maximum absolute atomic E-state index is 12.4. The fourth-order valence-electron chi connectivity index (χ4n) is 2.72. The summed E-state index contributed by atoms with van der Waals surface area (Å²) in [5, 5.41) is 4.93. The average Bonchev–Trinajstić information content (AvgIpc) is 2.66. The number of sulfonamides is 1. The van der Waals surface area contributed by atoms with Crippen LogP contribution in [0.4, 0.5) is 4.79 Å². The fraction of sp³-hybridized carbons (Fsp3) is 0.421. The van der Waals surface area contributed by atoms with Gasteiger partial charge in [-0.05, 0) is 51.0 Å².